The molecule has 12 atom stereocenters. The van der Waals surface area contributed by atoms with Crippen molar-refractivity contribution >= 4 is 12.3 Å². The van der Waals surface area contributed by atoms with Crippen LogP contribution in [0.25, 0.3) is 10.4 Å². The van der Waals surface area contributed by atoms with Crippen LogP contribution in [-0.4, -0.2) is 54.6 Å². The number of carboxylic acids is 1. The summed E-state index contributed by atoms with van der Waals surface area (Å²) >= 11 is 0. The lowest BCUT2D eigenvalue weighted by atomic mass is 9.43. The van der Waals surface area contributed by atoms with Crippen molar-refractivity contribution in [1.82, 2.24) is 0 Å². The maximum absolute atomic E-state index is 13.5. The molecule has 0 aromatic heterocycles. The monoisotopic (exact) mass is 485 g/mol. The number of ether oxygens (including phenoxy) is 3. The van der Waals surface area contributed by atoms with Gasteiger partial charge in [0.25, 0.3) is 0 Å². The van der Waals surface area contributed by atoms with Gasteiger partial charge in [0.2, 0.25) is 0 Å². The first kappa shape index (κ1) is 23.5. The Balaban J connectivity index is 1.39. The van der Waals surface area contributed by atoms with Crippen molar-refractivity contribution in [2.45, 2.75) is 84.0 Å². The fourth-order valence-electron chi connectivity index (χ4n) is 9.48. The highest BCUT2D eigenvalue weighted by Crippen LogP contribution is 2.82. The normalized spacial score (nSPS) is 52.9. The van der Waals surface area contributed by atoms with E-state index in [1.54, 1.807) is 0 Å². The minimum atomic E-state index is -1.26. The summed E-state index contributed by atoms with van der Waals surface area (Å²) in [5.41, 5.74) is 6.91. The lowest BCUT2D eigenvalue weighted by molar-refractivity contribution is -0.226. The molecule has 0 aromatic rings. The third-order valence-corrected chi connectivity index (χ3v) is 10.8. The summed E-state index contributed by atoms with van der Waals surface area (Å²) in [6, 6.07) is -0.400. The molecule has 0 spiro atoms. The summed E-state index contributed by atoms with van der Waals surface area (Å²) in [4.78, 5) is 29.5. The van der Waals surface area contributed by atoms with E-state index >= 15 is 0 Å². The lowest BCUT2D eigenvalue weighted by Crippen LogP contribution is -2.63. The van der Waals surface area contributed by atoms with E-state index in [4.69, 9.17) is 19.7 Å². The molecule has 4 aliphatic carbocycles. The van der Waals surface area contributed by atoms with E-state index in [2.05, 4.69) is 23.0 Å². The fourth-order valence-corrected chi connectivity index (χ4v) is 9.48. The Morgan fingerprint density at radius 2 is 2.09 bits per heavy atom. The Morgan fingerprint density at radius 1 is 1.31 bits per heavy atom. The standard InChI is InChI=1S/C26H35N3O6/c1-12(2)18-7-15-8-24(10-30)17-6-5-13(3)16(17)9-25(15,26(18,24)23(31)32)11-33-22-21-20(35-21)19(28-29-27)14(4)34-22/h7,10,12-17,19-22H,5-6,8-9,11H2,1-4H3,(H,31,32)/t13?,14-,15?,16?,17?,19-,20+,21+,22-,24?,25?,26?/m1/s1. The second-order valence-corrected chi connectivity index (χ2v) is 12.3. The third kappa shape index (κ3) is 2.63. The molecule has 35 heavy (non-hydrogen) atoms. The van der Waals surface area contributed by atoms with Crippen LogP contribution in [0.15, 0.2) is 16.8 Å². The van der Waals surface area contributed by atoms with Gasteiger partial charge in [0.15, 0.2) is 6.29 Å². The number of epoxide rings is 1. The van der Waals surface area contributed by atoms with Crippen LogP contribution in [-0.2, 0) is 23.8 Å². The zero-order valence-corrected chi connectivity index (χ0v) is 20.8. The van der Waals surface area contributed by atoms with E-state index in [0.717, 1.165) is 31.1 Å². The molecule has 9 heteroatoms. The van der Waals surface area contributed by atoms with Gasteiger partial charge in [-0.1, -0.05) is 44.0 Å². The van der Waals surface area contributed by atoms with E-state index in [1.165, 1.54) is 0 Å². The summed E-state index contributed by atoms with van der Waals surface area (Å²) in [6.07, 6.45) is 4.90. The Hall–Kier alpha value is -1.93. The van der Waals surface area contributed by atoms with Gasteiger partial charge in [-0.05, 0) is 61.3 Å². The van der Waals surface area contributed by atoms with E-state index in [1.807, 2.05) is 20.8 Å². The van der Waals surface area contributed by atoms with Crippen LogP contribution in [0.1, 0.15) is 53.4 Å². The number of rotatable bonds is 7. The number of aliphatic carboxylic acids is 1. The van der Waals surface area contributed by atoms with E-state index < -0.39 is 34.5 Å². The minimum absolute atomic E-state index is 0.0214. The number of aldehydes is 1. The molecule has 2 saturated heterocycles. The van der Waals surface area contributed by atoms with Crippen LogP contribution in [0.5, 0.6) is 0 Å². The molecule has 4 bridgehead atoms. The summed E-state index contributed by atoms with van der Waals surface area (Å²) in [6.45, 7) is 8.38. The number of nitrogens with zero attached hydrogens (tertiary/aromatic N) is 3. The van der Waals surface area contributed by atoms with E-state index in [0.29, 0.717) is 18.3 Å². The molecule has 0 radical (unpaired) electrons. The average molecular weight is 486 g/mol. The summed E-state index contributed by atoms with van der Waals surface area (Å²) in [7, 11) is 0. The van der Waals surface area contributed by atoms with Crippen molar-refractivity contribution in [3.63, 3.8) is 0 Å². The number of azide groups is 1. The molecule has 9 nitrogen and oxygen atoms in total. The molecule has 2 heterocycles. The number of hydrogen-bond donors (Lipinski definition) is 1. The van der Waals surface area contributed by atoms with E-state index in [-0.39, 0.29) is 42.7 Å². The van der Waals surface area contributed by atoms with Crippen molar-refractivity contribution < 1.29 is 28.9 Å². The van der Waals surface area contributed by atoms with Crippen molar-refractivity contribution in [3.8, 4) is 0 Å². The molecule has 3 saturated carbocycles. The van der Waals surface area contributed by atoms with Gasteiger partial charge in [0, 0.05) is 10.3 Å². The van der Waals surface area contributed by atoms with Crippen molar-refractivity contribution in [1.29, 1.82) is 0 Å². The van der Waals surface area contributed by atoms with E-state index in [9.17, 15) is 14.7 Å². The molecule has 2 aliphatic heterocycles. The van der Waals surface area contributed by atoms with Gasteiger partial charge in [-0.3, -0.25) is 4.79 Å². The highest BCUT2D eigenvalue weighted by molar-refractivity contribution is 5.90. The average Bonchev–Trinajstić information content (AvgIpc) is 3.42. The van der Waals surface area contributed by atoms with Crippen LogP contribution in [0.3, 0.4) is 0 Å². The molecule has 5 fully saturated rings. The van der Waals surface area contributed by atoms with Crippen LogP contribution in [0.2, 0.25) is 0 Å². The maximum Gasteiger partial charge on any atom is 0.315 e. The molecule has 0 amide bonds. The number of carbonyl (C=O) groups excluding carboxylic acids is 1. The summed E-state index contributed by atoms with van der Waals surface area (Å²) in [5.74, 6) is -0.0151. The van der Waals surface area contributed by atoms with Gasteiger partial charge in [-0.2, -0.15) is 0 Å². The molecule has 190 valence electrons. The fraction of sp³-hybridized carbons (Fsp3) is 0.846. The van der Waals surface area contributed by atoms with Gasteiger partial charge in [-0.15, -0.1) is 0 Å². The predicted octanol–water partition coefficient (Wildman–Crippen LogP) is 4.12. The summed E-state index contributed by atoms with van der Waals surface area (Å²) in [5, 5.41) is 14.9. The SMILES string of the molecule is CC(C)C1=CC2CC3(C=O)C4CCC(C)C4CC2(CO[C@@H]2O[C@H](C)[C@@H](N=[N+]=[N-])[C@@H]4O[C@H]24)C13C(=O)O. The Kier molecular flexibility index (Phi) is 5.06. The first-order valence-corrected chi connectivity index (χ1v) is 13.1. The Morgan fingerprint density at radius 3 is 2.74 bits per heavy atom. The number of allylic oxidation sites excluding steroid dienone is 1. The van der Waals surface area contributed by atoms with Gasteiger partial charge < -0.3 is 24.1 Å². The second-order valence-electron chi connectivity index (χ2n) is 12.3. The number of fused-ring (bicyclic) bond motifs is 3. The first-order chi connectivity index (χ1) is 16.7. The number of hydrogen-bond acceptors (Lipinski definition) is 6. The van der Waals surface area contributed by atoms with Gasteiger partial charge in [0.1, 0.15) is 23.9 Å². The predicted molar refractivity (Wildman–Crippen MR) is 124 cm³/mol. The maximum atomic E-state index is 13.5. The minimum Gasteiger partial charge on any atom is -0.481 e. The highest BCUT2D eigenvalue weighted by Gasteiger charge is 2.84. The van der Waals surface area contributed by atoms with Crippen LogP contribution in [0.4, 0.5) is 0 Å². The van der Waals surface area contributed by atoms with Crippen molar-refractivity contribution in [2.24, 2.45) is 50.9 Å². The first-order valence-electron chi connectivity index (χ1n) is 13.1. The van der Waals surface area contributed by atoms with Crippen molar-refractivity contribution in [3.05, 3.63) is 22.1 Å². The molecule has 6 aliphatic rings. The van der Waals surface area contributed by atoms with Crippen LogP contribution < -0.4 is 0 Å². The highest BCUT2D eigenvalue weighted by atomic mass is 16.7. The lowest BCUT2D eigenvalue weighted by Gasteiger charge is -2.58. The zero-order valence-electron chi connectivity index (χ0n) is 20.8. The molecular formula is C26H35N3O6. The quantitative estimate of drug-likeness (QED) is 0.144. The molecular weight excluding hydrogens is 450 g/mol. The Bertz CT molecular complexity index is 1040. The van der Waals surface area contributed by atoms with Gasteiger partial charge >= 0.3 is 5.97 Å². The number of carbonyl (C=O) groups is 2. The largest absolute Gasteiger partial charge is 0.481 e. The van der Waals surface area contributed by atoms with Crippen LogP contribution in [0, 0.1) is 45.8 Å². The third-order valence-electron chi connectivity index (χ3n) is 10.8. The number of carboxylic acid groups (broad SMARTS) is 1. The second kappa shape index (κ2) is 7.54. The Labute approximate surface area is 205 Å². The summed E-state index contributed by atoms with van der Waals surface area (Å²) < 4.78 is 18.3. The molecule has 0 aromatic carbocycles. The molecule has 6 rings (SSSR count). The molecule has 1 N–H and O–H groups in total. The topological polar surface area (TPSA) is 134 Å². The zero-order chi connectivity index (χ0) is 24.9. The molecule has 7 unspecified atom stereocenters. The van der Waals surface area contributed by atoms with Gasteiger partial charge in [-0.25, -0.2) is 0 Å². The van der Waals surface area contributed by atoms with Crippen LogP contribution >= 0.6 is 0 Å². The smallest absolute Gasteiger partial charge is 0.315 e. The van der Waals surface area contributed by atoms with Crippen molar-refractivity contribution in [2.75, 3.05) is 6.61 Å². The van der Waals surface area contributed by atoms with Gasteiger partial charge in [0.05, 0.1) is 24.2 Å².